The third-order valence-electron chi connectivity index (χ3n) is 10.6. The monoisotopic (exact) mass is 749 g/mol. The molecule has 0 saturated carbocycles. The van der Waals surface area contributed by atoms with E-state index in [1.54, 1.807) is 11.3 Å². The summed E-state index contributed by atoms with van der Waals surface area (Å²) in [5, 5.41) is 5.23. The summed E-state index contributed by atoms with van der Waals surface area (Å²) in [5.74, 6) is 2.38. The number of benzene rings is 7. The molecule has 0 amide bonds. The van der Waals surface area contributed by atoms with Gasteiger partial charge in [-0.3, -0.25) is 0 Å². The molecule has 12 rings (SSSR count). The second-order valence-corrected chi connectivity index (χ2v) is 15.0. The summed E-state index contributed by atoms with van der Waals surface area (Å²) in [7, 11) is 0. The molecule has 0 radical (unpaired) electrons. The Balaban J connectivity index is 1.05. The maximum absolute atomic E-state index is 6.61. The van der Waals surface area contributed by atoms with E-state index < -0.39 is 0 Å². The SMILES string of the molecule is c1ccc(-c2nc(-c3cccc4c3sc3ccccc34)nc(-c3cccc4oc5cc(-c6nc(-c7ccccc7)c7oc8ccccc8c7n6)ccc5c34)n2)cc1. The molecule has 0 aliphatic heterocycles. The predicted octanol–water partition coefficient (Wildman–Crippen LogP) is 13.2. The Morgan fingerprint density at radius 1 is 0.386 bits per heavy atom. The van der Waals surface area contributed by atoms with Gasteiger partial charge >= 0.3 is 0 Å². The first-order chi connectivity index (χ1) is 28.2. The van der Waals surface area contributed by atoms with Crippen LogP contribution in [0.1, 0.15) is 0 Å². The van der Waals surface area contributed by atoms with Crippen LogP contribution in [0.2, 0.25) is 0 Å². The number of hydrogen-bond acceptors (Lipinski definition) is 8. The molecule has 0 spiro atoms. The topological polar surface area (TPSA) is 90.7 Å². The molecule has 57 heavy (non-hydrogen) atoms. The maximum atomic E-state index is 6.61. The van der Waals surface area contributed by atoms with Crippen molar-refractivity contribution in [1.82, 2.24) is 24.9 Å². The first kappa shape index (κ1) is 31.8. The number of furan rings is 2. The van der Waals surface area contributed by atoms with Crippen molar-refractivity contribution in [1.29, 1.82) is 0 Å². The van der Waals surface area contributed by atoms with E-state index in [1.807, 2.05) is 103 Å². The number of hydrogen-bond donors (Lipinski definition) is 0. The molecule has 5 heterocycles. The number of nitrogens with zero attached hydrogens (tertiary/aromatic N) is 5. The third-order valence-corrected chi connectivity index (χ3v) is 11.8. The van der Waals surface area contributed by atoms with Gasteiger partial charge in [-0.15, -0.1) is 11.3 Å². The second-order valence-electron chi connectivity index (χ2n) is 14.0. The average Bonchev–Trinajstić information content (AvgIpc) is 3.97. The largest absolute Gasteiger partial charge is 0.456 e. The van der Waals surface area contributed by atoms with Crippen LogP contribution in [0.3, 0.4) is 0 Å². The zero-order chi connectivity index (χ0) is 37.5. The summed E-state index contributed by atoms with van der Waals surface area (Å²) in [5.41, 5.74) is 8.92. The lowest BCUT2D eigenvalue weighted by Gasteiger charge is -2.10. The highest BCUT2D eigenvalue weighted by Gasteiger charge is 2.22. The van der Waals surface area contributed by atoms with Crippen molar-refractivity contribution >= 4 is 75.5 Å². The Hall–Kier alpha value is -7.55. The van der Waals surface area contributed by atoms with Crippen molar-refractivity contribution in [2.45, 2.75) is 0 Å². The summed E-state index contributed by atoms with van der Waals surface area (Å²) in [6.07, 6.45) is 0. The average molecular weight is 750 g/mol. The van der Waals surface area contributed by atoms with E-state index >= 15 is 0 Å². The van der Waals surface area contributed by atoms with Gasteiger partial charge in [0, 0.05) is 64.1 Å². The molecule has 0 saturated heterocycles. The minimum Gasteiger partial charge on any atom is -0.456 e. The third kappa shape index (κ3) is 5.08. The van der Waals surface area contributed by atoms with Gasteiger partial charge < -0.3 is 8.83 Å². The van der Waals surface area contributed by atoms with Crippen molar-refractivity contribution in [2.75, 3.05) is 0 Å². The van der Waals surface area contributed by atoms with Gasteiger partial charge in [0.15, 0.2) is 28.9 Å². The molecule has 266 valence electrons. The molecule has 12 aromatic rings. The number of aromatic nitrogens is 5. The summed E-state index contributed by atoms with van der Waals surface area (Å²) in [6, 6.07) is 55.2. The molecule has 7 nitrogen and oxygen atoms in total. The van der Waals surface area contributed by atoms with Crippen LogP contribution in [0.25, 0.3) is 121 Å². The molecular weight excluding hydrogens is 723 g/mol. The normalized spacial score (nSPS) is 11.9. The molecule has 0 fully saturated rings. The molecule has 0 bridgehead atoms. The highest BCUT2D eigenvalue weighted by atomic mass is 32.1. The van der Waals surface area contributed by atoms with E-state index in [2.05, 4.69) is 60.7 Å². The molecule has 5 aromatic heterocycles. The first-order valence-electron chi connectivity index (χ1n) is 18.7. The van der Waals surface area contributed by atoms with E-state index in [-0.39, 0.29) is 0 Å². The van der Waals surface area contributed by atoms with Crippen LogP contribution in [0, 0.1) is 0 Å². The van der Waals surface area contributed by atoms with Crippen LogP contribution in [-0.2, 0) is 0 Å². The zero-order valence-electron chi connectivity index (χ0n) is 30.0. The van der Waals surface area contributed by atoms with E-state index in [0.29, 0.717) is 34.5 Å². The van der Waals surface area contributed by atoms with Gasteiger partial charge in [0.25, 0.3) is 0 Å². The predicted molar refractivity (Wildman–Crippen MR) is 230 cm³/mol. The number of thiophene rings is 1. The van der Waals surface area contributed by atoms with Crippen molar-refractivity contribution < 1.29 is 8.83 Å². The van der Waals surface area contributed by atoms with Crippen LogP contribution < -0.4 is 0 Å². The fourth-order valence-corrected chi connectivity index (χ4v) is 9.13. The Morgan fingerprint density at radius 2 is 1.04 bits per heavy atom. The Kier molecular flexibility index (Phi) is 6.96. The Bertz CT molecular complexity index is 3540. The molecule has 8 heteroatoms. The van der Waals surface area contributed by atoms with E-state index in [9.17, 15) is 0 Å². The fourth-order valence-electron chi connectivity index (χ4n) is 7.92. The van der Waals surface area contributed by atoms with Crippen molar-refractivity contribution in [2.24, 2.45) is 0 Å². The minimum absolute atomic E-state index is 0.572. The van der Waals surface area contributed by atoms with Gasteiger partial charge in [-0.05, 0) is 42.5 Å². The van der Waals surface area contributed by atoms with Crippen LogP contribution in [0.15, 0.2) is 173 Å². The lowest BCUT2D eigenvalue weighted by Crippen LogP contribution is -2.00. The van der Waals surface area contributed by atoms with Crippen molar-refractivity contribution in [3.63, 3.8) is 0 Å². The minimum atomic E-state index is 0.572. The standard InChI is InChI=1S/C49H27N5O2S/c1-3-13-28(14-4-1)42-44-43(34-18-7-9-22-37(34)56-44)51-47(50-42)30-25-26-33-39(27-30)55-38-23-12-20-35(41(33)38)48-52-46(29-15-5-2-6-16-29)53-49(54-48)36-21-11-19-32-31-17-8-10-24-40(31)57-45(32)36/h1-27H. The lowest BCUT2D eigenvalue weighted by molar-refractivity contribution is 0.667. The summed E-state index contributed by atoms with van der Waals surface area (Å²) < 4.78 is 15.3. The zero-order valence-corrected chi connectivity index (χ0v) is 30.9. The molecule has 0 atom stereocenters. The van der Waals surface area contributed by atoms with Crippen LogP contribution in [0.4, 0.5) is 0 Å². The van der Waals surface area contributed by atoms with Crippen molar-refractivity contribution in [3.8, 4) is 56.8 Å². The van der Waals surface area contributed by atoms with E-state index in [0.717, 1.165) is 71.1 Å². The molecule has 0 unspecified atom stereocenters. The van der Waals surface area contributed by atoms with E-state index in [1.165, 1.54) is 15.5 Å². The molecule has 0 aliphatic carbocycles. The second kappa shape index (κ2) is 12.5. The first-order valence-corrected chi connectivity index (χ1v) is 19.5. The van der Waals surface area contributed by atoms with Crippen LogP contribution >= 0.6 is 11.3 Å². The van der Waals surface area contributed by atoms with Crippen LogP contribution in [-0.4, -0.2) is 24.9 Å². The highest BCUT2D eigenvalue weighted by molar-refractivity contribution is 7.26. The van der Waals surface area contributed by atoms with Gasteiger partial charge in [0.1, 0.15) is 28.0 Å². The van der Waals surface area contributed by atoms with Crippen LogP contribution in [0.5, 0.6) is 0 Å². The smallest absolute Gasteiger partial charge is 0.180 e. The lowest BCUT2D eigenvalue weighted by atomic mass is 10.0. The van der Waals surface area contributed by atoms with Gasteiger partial charge in [0.2, 0.25) is 0 Å². The van der Waals surface area contributed by atoms with Gasteiger partial charge in [0.05, 0.1) is 0 Å². The summed E-state index contributed by atoms with van der Waals surface area (Å²) in [6.45, 7) is 0. The molecular formula is C49H27N5O2S. The Morgan fingerprint density at radius 3 is 1.89 bits per heavy atom. The van der Waals surface area contributed by atoms with Gasteiger partial charge in [-0.2, -0.15) is 0 Å². The fraction of sp³-hybridized carbons (Fsp3) is 0. The molecule has 0 N–H and O–H groups in total. The summed E-state index contributed by atoms with van der Waals surface area (Å²) in [4.78, 5) is 25.6. The summed E-state index contributed by atoms with van der Waals surface area (Å²) >= 11 is 1.76. The quantitative estimate of drug-likeness (QED) is 0.173. The number of fused-ring (bicyclic) bond motifs is 9. The highest BCUT2D eigenvalue weighted by Crippen LogP contribution is 2.42. The van der Waals surface area contributed by atoms with Gasteiger partial charge in [-0.1, -0.05) is 121 Å². The van der Waals surface area contributed by atoms with Crippen molar-refractivity contribution in [3.05, 3.63) is 164 Å². The number of para-hydroxylation sites is 1. The number of rotatable bonds is 5. The maximum Gasteiger partial charge on any atom is 0.180 e. The molecule has 7 aromatic carbocycles. The Labute approximate surface area is 328 Å². The molecule has 0 aliphatic rings. The van der Waals surface area contributed by atoms with E-state index in [4.69, 9.17) is 33.8 Å². The van der Waals surface area contributed by atoms with Gasteiger partial charge in [-0.25, -0.2) is 24.9 Å².